The number of H-pyrrole nitrogens is 1. The highest BCUT2D eigenvalue weighted by Gasteiger charge is 2.13. The highest BCUT2D eigenvalue weighted by Crippen LogP contribution is 2.22. The van der Waals surface area contributed by atoms with Gasteiger partial charge in [-0.3, -0.25) is 0 Å². The quantitative estimate of drug-likeness (QED) is 0.361. The highest BCUT2D eigenvalue weighted by atomic mass is 14.9. The Morgan fingerprint density at radius 3 is 1.97 bits per heavy atom. The largest absolute Gasteiger partial charge is 0.345 e. The molecule has 0 saturated carbocycles. The van der Waals surface area contributed by atoms with E-state index >= 15 is 0 Å². The Morgan fingerprint density at radius 2 is 1.20 bits per heavy atom. The van der Waals surface area contributed by atoms with Gasteiger partial charge in [-0.1, -0.05) is 103 Å². The lowest BCUT2D eigenvalue weighted by Gasteiger charge is -2.04. The fourth-order valence-corrected chi connectivity index (χ4v) is 4.10. The topological polar surface area (TPSA) is 28.7 Å². The van der Waals surface area contributed by atoms with E-state index in [1.165, 1.54) is 33.2 Å². The van der Waals surface area contributed by atoms with Crippen molar-refractivity contribution in [2.24, 2.45) is 0 Å². The number of fused-ring (bicyclic) bond motifs is 1. The average Bonchev–Trinajstić information content (AvgIpc) is 3.16. The van der Waals surface area contributed by atoms with Crippen LogP contribution in [0.1, 0.15) is 33.9 Å². The fourth-order valence-electron chi connectivity index (χ4n) is 4.10. The first kappa shape index (κ1) is 18.4. The molecule has 2 nitrogen and oxygen atoms in total. The van der Waals surface area contributed by atoms with Crippen LogP contribution in [0.25, 0.3) is 10.8 Å². The molecule has 0 fully saturated rings. The summed E-state index contributed by atoms with van der Waals surface area (Å²) in [6, 6.07) is 36.3. The maximum absolute atomic E-state index is 5.05. The van der Waals surface area contributed by atoms with Gasteiger partial charge in [0.2, 0.25) is 0 Å². The Bertz CT molecular complexity index is 1190. The van der Waals surface area contributed by atoms with Crippen LogP contribution >= 0.6 is 0 Å². The van der Waals surface area contributed by atoms with Crippen LogP contribution in [0.5, 0.6) is 0 Å². The van der Waals surface area contributed by atoms with Crippen molar-refractivity contribution in [2.75, 3.05) is 0 Å². The molecule has 1 aromatic heterocycles. The standard InChI is InChI=1S/C28H24N2/c1-3-10-21(11-4-1)18-26-27(19-22-12-5-2-6-13-22)30-28(29-26)20-24-16-9-15-23-14-7-8-17-25(23)24/h1-17H,18-20H2,(H,29,30). The third-order valence-electron chi connectivity index (χ3n) is 5.59. The number of imidazole rings is 1. The van der Waals surface area contributed by atoms with Crippen LogP contribution < -0.4 is 0 Å². The first-order chi connectivity index (χ1) is 14.8. The van der Waals surface area contributed by atoms with Crippen molar-refractivity contribution < 1.29 is 0 Å². The minimum Gasteiger partial charge on any atom is -0.345 e. The fraction of sp³-hybridized carbons (Fsp3) is 0.107. The number of hydrogen-bond acceptors (Lipinski definition) is 1. The van der Waals surface area contributed by atoms with Gasteiger partial charge in [0.1, 0.15) is 5.82 Å². The second kappa shape index (κ2) is 8.38. The number of nitrogens with zero attached hydrogens (tertiary/aromatic N) is 1. The van der Waals surface area contributed by atoms with E-state index in [1.54, 1.807) is 0 Å². The Kier molecular flexibility index (Phi) is 5.14. The summed E-state index contributed by atoms with van der Waals surface area (Å²) in [5.41, 5.74) is 6.24. The van der Waals surface area contributed by atoms with Gasteiger partial charge in [0, 0.05) is 25.0 Å². The van der Waals surface area contributed by atoms with Crippen LogP contribution in [0.15, 0.2) is 103 Å². The molecule has 0 radical (unpaired) electrons. The molecule has 5 rings (SSSR count). The summed E-state index contributed by atoms with van der Waals surface area (Å²) < 4.78 is 0. The van der Waals surface area contributed by atoms with Crippen molar-refractivity contribution in [3.63, 3.8) is 0 Å². The van der Waals surface area contributed by atoms with Crippen LogP contribution in [0, 0.1) is 0 Å². The number of aromatic nitrogens is 2. The van der Waals surface area contributed by atoms with Gasteiger partial charge in [-0.05, 0) is 27.5 Å². The molecular weight excluding hydrogens is 364 g/mol. The second-order valence-electron chi connectivity index (χ2n) is 7.75. The number of hydrogen-bond donors (Lipinski definition) is 1. The molecule has 0 saturated heterocycles. The maximum Gasteiger partial charge on any atom is 0.111 e. The minimum atomic E-state index is 0.804. The van der Waals surface area contributed by atoms with E-state index in [0.29, 0.717) is 0 Å². The third kappa shape index (κ3) is 4.04. The number of nitrogens with one attached hydrogen (secondary N) is 1. The van der Waals surface area contributed by atoms with E-state index in [9.17, 15) is 0 Å². The lowest BCUT2D eigenvalue weighted by molar-refractivity contribution is 1.00. The Hall–Kier alpha value is -3.65. The lowest BCUT2D eigenvalue weighted by atomic mass is 10.0. The van der Waals surface area contributed by atoms with Crippen molar-refractivity contribution in [1.29, 1.82) is 0 Å². The number of aromatic amines is 1. The van der Waals surface area contributed by atoms with Gasteiger partial charge in [-0.15, -0.1) is 0 Å². The summed E-state index contributed by atoms with van der Waals surface area (Å²) in [4.78, 5) is 8.70. The van der Waals surface area contributed by atoms with Crippen molar-refractivity contribution in [3.05, 3.63) is 137 Å². The van der Waals surface area contributed by atoms with E-state index in [1.807, 2.05) is 0 Å². The smallest absolute Gasteiger partial charge is 0.111 e. The predicted octanol–water partition coefficient (Wildman–Crippen LogP) is 6.34. The van der Waals surface area contributed by atoms with Crippen LogP contribution in [-0.2, 0) is 19.3 Å². The molecule has 0 amide bonds. The third-order valence-corrected chi connectivity index (χ3v) is 5.59. The van der Waals surface area contributed by atoms with Crippen molar-refractivity contribution in [3.8, 4) is 0 Å². The molecule has 0 spiro atoms. The molecule has 30 heavy (non-hydrogen) atoms. The van der Waals surface area contributed by atoms with E-state index in [2.05, 4.69) is 108 Å². The molecule has 2 heteroatoms. The van der Waals surface area contributed by atoms with Gasteiger partial charge < -0.3 is 4.98 Å². The zero-order chi connectivity index (χ0) is 20.2. The molecule has 0 aliphatic heterocycles. The molecule has 0 bridgehead atoms. The molecule has 1 N–H and O–H groups in total. The maximum atomic E-state index is 5.05. The van der Waals surface area contributed by atoms with Gasteiger partial charge in [0.15, 0.2) is 0 Å². The van der Waals surface area contributed by atoms with Crippen molar-refractivity contribution in [1.82, 2.24) is 9.97 Å². The van der Waals surface area contributed by atoms with Crippen LogP contribution in [0.4, 0.5) is 0 Å². The molecule has 4 aromatic carbocycles. The Morgan fingerprint density at radius 1 is 0.567 bits per heavy atom. The monoisotopic (exact) mass is 388 g/mol. The van der Waals surface area contributed by atoms with Crippen LogP contribution in [0.3, 0.4) is 0 Å². The van der Waals surface area contributed by atoms with Gasteiger partial charge in [-0.25, -0.2) is 4.98 Å². The van der Waals surface area contributed by atoms with E-state index < -0.39 is 0 Å². The van der Waals surface area contributed by atoms with Gasteiger partial charge in [-0.2, -0.15) is 0 Å². The zero-order valence-electron chi connectivity index (χ0n) is 16.9. The van der Waals surface area contributed by atoms with Gasteiger partial charge in [0.25, 0.3) is 0 Å². The molecule has 5 aromatic rings. The summed E-state index contributed by atoms with van der Waals surface area (Å²) in [5, 5.41) is 2.57. The molecule has 146 valence electrons. The first-order valence-corrected chi connectivity index (χ1v) is 10.5. The first-order valence-electron chi connectivity index (χ1n) is 10.5. The summed E-state index contributed by atoms with van der Waals surface area (Å²) in [5.74, 6) is 1.03. The number of benzene rings is 4. The molecule has 0 aliphatic rings. The molecule has 1 heterocycles. The predicted molar refractivity (Wildman–Crippen MR) is 124 cm³/mol. The minimum absolute atomic E-state index is 0.804. The summed E-state index contributed by atoms with van der Waals surface area (Å²) in [6.45, 7) is 0. The van der Waals surface area contributed by atoms with Gasteiger partial charge >= 0.3 is 0 Å². The van der Waals surface area contributed by atoms with E-state index in [-0.39, 0.29) is 0 Å². The molecule has 0 atom stereocenters. The lowest BCUT2D eigenvalue weighted by Crippen LogP contribution is -1.96. The number of rotatable bonds is 6. The van der Waals surface area contributed by atoms with E-state index in [0.717, 1.165) is 30.8 Å². The normalized spacial score (nSPS) is 11.1. The summed E-state index contributed by atoms with van der Waals surface area (Å²) in [6.07, 6.45) is 2.51. The van der Waals surface area contributed by atoms with E-state index in [4.69, 9.17) is 4.98 Å². The average molecular weight is 389 g/mol. The Labute approximate surface area is 177 Å². The molecule has 0 unspecified atom stereocenters. The van der Waals surface area contributed by atoms with Crippen molar-refractivity contribution in [2.45, 2.75) is 19.3 Å². The highest BCUT2D eigenvalue weighted by molar-refractivity contribution is 5.85. The second-order valence-corrected chi connectivity index (χ2v) is 7.75. The molecular formula is C28H24N2. The van der Waals surface area contributed by atoms with Gasteiger partial charge in [0.05, 0.1) is 5.69 Å². The van der Waals surface area contributed by atoms with Crippen LogP contribution in [-0.4, -0.2) is 9.97 Å². The van der Waals surface area contributed by atoms with Crippen molar-refractivity contribution >= 4 is 10.8 Å². The Balaban J connectivity index is 1.49. The summed E-state index contributed by atoms with van der Waals surface area (Å²) in [7, 11) is 0. The zero-order valence-corrected chi connectivity index (χ0v) is 16.9. The summed E-state index contributed by atoms with van der Waals surface area (Å²) >= 11 is 0. The molecule has 0 aliphatic carbocycles. The van der Waals surface area contributed by atoms with Crippen LogP contribution in [0.2, 0.25) is 0 Å². The SMILES string of the molecule is c1ccc(Cc2nc(Cc3cccc4ccccc34)[nH]c2Cc2ccccc2)cc1.